The SMILES string of the molecule is N#Cc1ccc(-c2ccc3[nH]nc(-c4cn(-c5ccc6c(c5)CNCC6)nn4)c3c2)cc1. The van der Waals surface area contributed by atoms with Crippen LogP contribution < -0.4 is 5.32 Å². The molecule has 0 unspecified atom stereocenters. The second kappa shape index (κ2) is 7.45. The molecule has 0 saturated carbocycles. The molecule has 7 nitrogen and oxygen atoms in total. The number of nitrogens with one attached hydrogen (secondary N) is 2. The molecule has 0 spiro atoms. The maximum absolute atomic E-state index is 9.04. The Balaban J connectivity index is 1.37. The van der Waals surface area contributed by atoms with Gasteiger partial charge in [-0.1, -0.05) is 29.5 Å². The van der Waals surface area contributed by atoms with Gasteiger partial charge < -0.3 is 5.32 Å². The van der Waals surface area contributed by atoms with E-state index in [1.54, 1.807) is 4.68 Å². The van der Waals surface area contributed by atoms with Crippen LogP contribution in [0.4, 0.5) is 0 Å². The molecule has 7 heteroatoms. The fraction of sp³-hybridized carbons (Fsp3) is 0.120. The number of hydrogen-bond acceptors (Lipinski definition) is 5. The largest absolute Gasteiger partial charge is 0.312 e. The van der Waals surface area contributed by atoms with Crippen LogP contribution in [-0.2, 0) is 13.0 Å². The first-order valence-electron chi connectivity index (χ1n) is 10.5. The fourth-order valence-electron chi connectivity index (χ4n) is 4.23. The van der Waals surface area contributed by atoms with Gasteiger partial charge in [-0.2, -0.15) is 10.4 Å². The van der Waals surface area contributed by atoms with Crippen molar-refractivity contribution in [3.8, 4) is 34.3 Å². The average Bonchev–Trinajstić information content (AvgIpc) is 3.50. The Morgan fingerprint density at radius 2 is 1.81 bits per heavy atom. The smallest absolute Gasteiger partial charge is 0.134 e. The number of nitrogens with zero attached hydrogens (tertiary/aromatic N) is 5. The summed E-state index contributed by atoms with van der Waals surface area (Å²) < 4.78 is 1.80. The molecule has 6 rings (SSSR count). The van der Waals surface area contributed by atoms with Crippen LogP contribution in [0.1, 0.15) is 16.7 Å². The summed E-state index contributed by atoms with van der Waals surface area (Å²) in [5, 5.41) is 29.8. The quantitative estimate of drug-likeness (QED) is 0.463. The van der Waals surface area contributed by atoms with Crippen molar-refractivity contribution in [2.75, 3.05) is 6.54 Å². The summed E-state index contributed by atoms with van der Waals surface area (Å²) in [6.07, 6.45) is 2.97. The molecule has 32 heavy (non-hydrogen) atoms. The molecule has 0 atom stereocenters. The Morgan fingerprint density at radius 1 is 0.938 bits per heavy atom. The Kier molecular flexibility index (Phi) is 4.30. The third kappa shape index (κ3) is 3.14. The van der Waals surface area contributed by atoms with Crippen LogP contribution >= 0.6 is 0 Å². The molecule has 0 aliphatic carbocycles. The van der Waals surface area contributed by atoms with E-state index in [1.165, 1.54) is 11.1 Å². The minimum Gasteiger partial charge on any atom is -0.312 e. The average molecular weight is 417 g/mol. The third-order valence-electron chi connectivity index (χ3n) is 5.99. The van der Waals surface area contributed by atoms with Gasteiger partial charge in [-0.25, -0.2) is 4.68 Å². The maximum atomic E-state index is 9.04. The number of benzene rings is 3. The summed E-state index contributed by atoms with van der Waals surface area (Å²) in [5.74, 6) is 0. The predicted octanol–water partition coefficient (Wildman–Crippen LogP) is 3.99. The van der Waals surface area contributed by atoms with Crippen molar-refractivity contribution in [2.24, 2.45) is 0 Å². The van der Waals surface area contributed by atoms with E-state index in [0.29, 0.717) is 11.3 Å². The number of hydrogen-bond donors (Lipinski definition) is 2. The maximum Gasteiger partial charge on any atom is 0.134 e. The highest BCUT2D eigenvalue weighted by Gasteiger charge is 2.15. The van der Waals surface area contributed by atoms with Gasteiger partial charge in [-0.15, -0.1) is 5.10 Å². The van der Waals surface area contributed by atoms with Crippen LogP contribution in [0, 0.1) is 11.3 Å². The molecule has 5 aromatic rings. The van der Waals surface area contributed by atoms with Crippen molar-refractivity contribution in [3.05, 3.63) is 83.6 Å². The van der Waals surface area contributed by atoms with Crippen molar-refractivity contribution in [2.45, 2.75) is 13.0 Å². The second-order valence-electron chi connectivity index (χ2n) is 7.95. The molecule has 3 aromatic carbocycles. The van der Waals surface area contributed by atoms with E-state index in [0.717, 1.165) is 52.9 Å². The molecule has 0 amide bonds. The first-order chi connectivity index (χ1) is 15.8. The zero-order valence-corrected chi connectivity index (χ0v) is 17.2. The molecular weight excluding hydrogens is 398 g/mol. The van der Waals surface area contributed by atoms with Crippen molar-refractivity contribution in [3.63, 3.8) is 0 Å². The molecule has 0 bridgehead atoms. The minimum absolute atomic E-state index is 0.647. The topological polar surface area (TPSA) is 95.2 Å². The van der Waals surface area contributed by atoms with Crippen LogP contribution in [0.15, 0.2) is 66.9 Å². The van der Waals surface area contributed by atoms with Crippen LogP contribution in [-0.4, -0.2) is 31.7 Å². The first-order valence-corrected chi connectivity index (χ1v) is 10.5. The lowest BCUT2D eigenvalue weighted by Crippen LogP contribution is -2.23. The molecule has 2 aromatic heterocycles. The zero-order valence-electron chi connectivity index (χ0n) is 17.2. The van der Waals surface area contributed by atoms with Gasteiger partial charge in [0, 0.05) is 11.9 Å². The Bertz CT molecular complexity index is 1490. The molecule has 2 N–H and O–H groups in total. The Hall–Kier alpha value is -4.28. The van der Waals surface area contributed by atoms with E-state index in [9.17, 15) is 0 Å². The van der Waals surface area contributed by atoms with Gasteiger partial charge in [0.05, 0.1) is 29.0 Å². The Morgan fingerprint density at radius 3 is 2.69 bits per heavy atom. The fourth-order valence-corrected chi connectivity index (χ4v) is 4.23. The summed E-state index contributed by atoms with van der Waals surface area (Å²) in [5.41, 5.74) is 8.85. The molecule has 0 radical (unpaired) electrons. The van der Waals surface area contributed by atoms with E-state index in [1.807, 2.05) is 42.6 Å². The lowest BCUT2D eigenvalue weighted by atomic mass is 10.0. The number of rotatable bonds is 3. The summed E-state index contributed by atoms with van der Waals surface area (Å²) in [7, 11) is 0. The van der Waals surface area contributed by atoms with Gasteiger partial charge in [0.15, 0.2) is 0 Å². The summed E-state index contributed by atoms with van der Waals surface area (Å²) >= 11 is 0. The summed E-state index contributed by atoms with van der Waals surface area (Å²) in [4.78, 5) is 0. The Labute approximate surface area is 184 Å². The van der Waals surface area contributed by atoms with Crippen LogP contribution in [0.2, 0.25) is 0 Å². The summed E-state index contributed by atoms with van der Waals surface area (Å²) in [6.45, 7) is 1.91. The van der Waals surface area contributed by atoms with E-state index in [4.69, 9.17) is 5.26 Å². The highest BCUT2D eigenvalue weighted by Crippen LogP contribution is 2.30. The molecule has 3 heterocycles. The normalized spacial score (nSPS) is 13.1. The predicted molar refractivity (Wildman–Crippen MR) is 122 cm³/mol. The number of aromatic nitrogens is 5. The first kappa shape index (κ1) is 18.5. The van der Waals surface area contributed by atoms with Crippen molar-refractivity contribution in [1.82, 2.24) is 30.5 Å². The number of fused-ring (bicyclic) bond motifs is 2. The van der Waals surface area contributed by atoms with Gasteiger partial charge >= 0.3 is 0 Å². The number of nitriles is 1. The second-order valence-corrected chi connectivity index (χ2v) is 7.95. The lowest BCUT2D eigenvalue weighted by Gasteiger charge is -2.17. The van der Waals surface area contributed by atoms with E-state index in [-0.39, 0.29) is 0 Å². The molecule has 1 aliphatic heterocycles. The van der Waals surface area contributed by atoms with Crippen molar-refractivity contribution < 1.29 is 0 Å². The van der Waals surface area contributed by atoms with Crippen LogP contribution in [0.25, 0.3) is 39.1 Å². The molecule has 1 aliphatic rings. The number of H-pyrrole nitrogens is 1. The standard InChI is InChI=1S/C25H19N7/c26-13-16-1-3-17(4-2-16)19-6-8-23-22(12-19)25(30-28-23)24-15-32(31-29-24)21-7-5-18-9-10-27-14-20(18)11-21/h1-8,11-12,15,27H,9-10,14H2,(H,28,30). The molecule has 0 saturated heterocycles. The third-order valence-corrected chi connectivity index (χ3v) is 5.99. The van der Waals surface area contributed by atoms with E-state index >= 15 is 0 Å². The van der Waals surface area contributed by atoms with Gasteiger partial charge in [0.1, 0.15) is 11.4 Å². The van der Waals surface area contributed by atoms with Gasteiger partial charge in [-0.3, -0.25) is 5.10 Å². The van der Waals surface area contributed by atoms with Crippen molar-refractivity contribution in [1.29, 1.82) is 5.26 Å². The van der Waals surface area contributed by atoms with Crippen molar-refractivity contribution >= 4 is 10.9 Å². The highest BCUT2D eigenvalue weighted by molar-refractivity contribution is 5.94. The van der Waals surface area contributed by atoms with Crippen LogP contribution in [0.3, 0.4) is 0 Å². The minimum atomic E-state index is 0.647. The van der Waals surface area contributed by atoms with Gasteiger partial charge in [0.2, 0.25) is 0 Å². The van der Waals surface area contributed by atoms with E-state index in [2.05, 4.69) is 56.2 Å². The summed E-state index contributed by atoms with van der Waals surface area (Å²) in [6, 6.07) is 22.3. The van der Waals surface area contributed by atoms with Gasteiger partial charge in [0.25, 0.3) is 0 Å². The van der Waals surface area contributed by atoms with Crippen LogP contribution in [0.5, 0.6) is 0 Å². The van der Waals surface area contributed by atoms with E-state index < -0.39 is 0 Å². The molecule has 154 valence electrons. The zero-order chi connectivity index (χ0) is 21.5. The monoisotopic (exact) mass is 417 g/mol. The molecular formula is C25H19N7. The number of aromatic amines is 1. The molecule has 0 fully saturated rings. The van der Waals surface area contributed by atoms with Gasteiger partial charge in [-0.05, 0) is 71.6 Å². The lowest BCUT2D eigenvalue weighted by molar-refractivity contribution is 0.642. The highest BCUT2D eigenvalue weighted by atomic mass is 15.4.